The number of hydrogen-bond donors (Lipinski definition) is 1. The van der Waals surface area contributed by atoms with Gasteiger partial charge in [0.2, 0.25) is 6.10 Å². The number of benzene rings is 2. The van der Waals surface area contributed by atoms with Crippen LogP contribution in [0.5, 0.6) is 11.5 Å². The van der Waals surface area contributed by atoms with Crippen LogP contribution in [0.4, 0.5) is 5.69 Å². The van der Waals surface area contributed by atoms with Crippen molar-refractivity contribution in [2.24, 2.45) is 0 Å². The van der Waals surface area contributed by atoms with E-state index in [0.717, 1.165) is 16.8 Å². The molecule has 0 unspecified atom stereocenters. The third kappa shape index (κ3) is 3.63. The Hall–Kier alpha value is -2.49. The number of ether oxygens (including phenoxy) is 2. The zero-order valence-corrected chi connectivity index (χ0v) is 15.2. The van der Waals surface area contributed by atoms with Crippen molar-refractivity contribution < 1.29 is 14.3 Å². The highest BCUT2D eigenvalue weighted by atomic mass is 16.6. The fraction of sp³-hybridized carbons (Fsp3) is 0.381. The lowest BCUT2D eigenvalue weighted by Gasteiger charge is -2.27. The summed E-state index contributed by atoms with van der Waals surface area (Å²) in [5.74, 6) is 1.74. The molecule has 0 aliphatic carbocycles. The summed E-state index contributed by atoms with van der Waals surface area (Å²) in [5.41, 5.74) is 3.17. The van der Waals surface area contributed by atoms with Gasteiger partial charge in [-0.2, -0.15) is 0 Å². The molecule has 132 valence electrons. The molecule has 1 aliphatic heterocycles. The van der Waals surface area contributed by atoms with Crippen LogP contribution < -0.4 is 14.8 Å². The molecule has 4 nitrogen and oxygen atoms in total. The summed E-state index contributed by atoms with van der Waals surface area (Å²) < 4.78 is 11.5. The molecule has 2 aromatic carbocycles. The lowest BCUT2D eigenvalue weighted by atomic mass is 9.92. The molecule has 1 N–H and O–H groups in total. The number of amides is 1. The van der Waals surface area contributed by atoms with E-state index in [1.165, 1.54) is 0 Å². The van der Waals surface area contributed by atoms with Crippen LogP contribution in [-0.4, -0.2) is 18.6 Å². The van der Waals surface area contributed by atoms with Crippen LogP contribution in [0.1, 0.15) is 50.7 Å². The van der Waals surface area contributed by atoms with E-state index >= 15 is 0 Å². The number of rotatable bonds is 4. The Labute approximate surface area is 149 Å². The van der Waals surface area contributed by atoms with E-state index in [9.17, 15) is 4.79 Å². The quantitative estimate of drug-likeness (QED) is 0.877. The fourth-order valence-corrected chi connectivity index (χ4v) is 3.05. The maximum absolute atomic E-state index is 12.8. The first-order valence-corrected chi connectivity index (χ1v) is 8.79. The normalized spacial score (nSPS) is 16.2. The highest BCUT2D eigenvalue weighted by Crippen LogP contribution is 2.34. The van der Waals surface area contributed by atoms with Crippen LogP contribution >= 0.6 is 0 Å². The summed E-state index contributed by atoms with van der Waals surface area (Å²) in [6.07, 6.45) is -0.657. The summed E-state index contributed by atoms with van der Waals surface area (Å²) in [7, 11) is 0. The van der Waals surface area contributed by atoms with Crippen LogP contribution in [0.2, 0.25) is 0 Å². The van der Waals surface area contributed by atoms with Crippen LogP contribution in [0.25, 0.3) is 0 Å². The molecule has 0 saturated heterocycles. The molecule has 3 rings (SSSR count). The molecule has 1 atom stereocenters. The molecule has 0 bridgehead atoms. The van der Waals surface area contributed by atoms with E-state index in [0.29, 0.717) is 23.3 Å². The number of carbonyl (C=O) groups excluding carboxylic acids is 1. The van der Waals surface area contributed by atoms with Gasteiger partial charge in [0, 0.05) is 5.69 Å². The SMILES string of the molecule is CC(C)c1cccc(C(C)C)c1NC(=O)[C@@H]1COc2ccccc2O1. The summed E-state index contributed by atoms with van der Waals surface area (Å²) in [5, 5.41) is 3.10. The third-order valence-electron chi connectivity index (χ3n) is 4.42. The first-order valence-electron chi connectivity index (χ1n) is 8.79. The first kappa shape index (κ1) is 17.3. The Kier molecular flexibility index (Phi) is 4.98. The van der Waals surface area contributed by atoms with Gasteiger partial charge in [-0.15, -0.1) is 0 Å². The van der Waals surface area contributed by atoms with E-state index < -0.39 is 6.10 Å². The lowest BCUT2D eigenvalue weighted by molar-refractivity contribution is -0.125. The van der Waals surface area contributed by atoms with Gasteiger partial charge in [-0.05, 0) is 35.1 Å². The summed E-state index contributed by atoms with van der Waals surface area (Å²) in [6, 6.07) is 13.6. The molecule has 0 spiro atoms. The largest absolute Gasteiger partial charge is 0.485 e. The maximum Gasteiger partial charge on any atom is 0.269 e. The number of hydrogen-bond acceptors (Lipinski definition) is 3. The van der Waals surface area contributed by atoms with Crippen molar-refractivity contribution in [2.45, 2.75) is 45.6 Å². The van der Waals surface area contributed by atoms with Gasteiger partial charge in [-0.25, -0.2) is 0 Å². The van der Waals surface area contributed by atoms with E-state index in [-0.39, 0.29) is 12.5 Å². The van der Waals surface area contributed by atoms with Crippen molar-refractivity contribution in [1.29, 1.82) is 0 Å². The minimum absolute atomic E-state index is 0.176. The van der Waals surface area contributed by atoms with Gasteiger partial charge in [0.25, 0.3) is 5.91 Å². The second-order valence-electron chi connectivity index (χ2n) is 6.97. The molecule has 1 heterocycles. The molecule has 4 heteroatoms. The number of carbonyl (C=O) groups is 1. The molecular weight excluding hydrogens is 314 g/mol. The van der Waals surface area contributed by atoms with Crippen molar-refractivity contribution in [1.82, 2.24) is 0 Å². The summed E-state index contributed by atoms with van der Waals surface area (Å²) >= 11 is 0. The standard InChI is InChI=1S/C21H25NO3/c1-13(2)15-8-7-9-16(14(3)4)20(15)22-21(23)19-12-24-17-10-5-6-11-18(17)25-19/h5-11,13-14,19H,12H2,1-4H3,(H,22,23)/t19-/m0/s1. The van der Waals surface area contributed by atoms with Gasteiger partial charge in [0.05, 0.1) is 0 Å². The van der Waals surface area contributed by atoms with Crippen molar-refractivity contribution in [3.63, 3.8) is 0 Å². The van der Waals surface area contributed by atoms with Gasteiger partial charge < -0.3 is 14.8 Å². The zero-order chi connectivity index (χ0) is 18.0. The van der Waals surface area contributed by atoms with Gasteiger partial charge in [-0.3, -0.25) is 4.79 Å². The van der Waals surface area contributed by atoms with Crippen molar-refractivity contribution in [3.8, 4) is 11.5 Å². The summed E-state index contributed by atoms with van der Waals surface area (Å²) in [6.45, 7) is 8.73. The van der Waals surface area contributed by atoms with Gasteiger partial charge in [0.15, 0.2) is 11.5 Å². The third-order valence-corrected chi connectivity index (χ3v) is 4.42. The number of nitrogens with one attached hydrogen (secondary N) is 1. The van der Waals surface area contributed by atoms with Crippen molar-refractivity contribution in [2.75, 3.05) is 11.9 Å². The van der Waals surface area contributed by atoms with Crippen LogP contribution in [-0.2, 0) is 4.79 Å². The number of para-hydroxylation sites is 3. The smallest absolute Gasteiger partial charge is 0.269 e. The Morgan fingerprint density at radius 3 is 2.16 bits per heavy atom. The lowest BCUT2D eigenvalue weighted by Crippen LogP contribution is -2.40. The second-order valence-corrected chi connectivity index (χ2v) is 6.97. The predicted octanol–water partition coefficient (Wildman–Crippen LogP) is 4.71. The van der Waals surface area contributed by atoms with Crippen molar-refractivity contribution >= 4 is 11.6 Å². The minimum Gasteiger partial charge on any atom is -0.485 e. The van der Waals surface area contributed by atoms with E-state index in [1.807, 2.05) is 24.3 Å². The Morgan fingerprint density at radius 1 is 0.960 bits per heavy atom. The van der Waals surface area contributed by atoms with Crippen LogP contribution in [0.15, 0.2) is 42.5 Å². The monoisotopic (exact) mass is 339 g/mol. The topological polar surface area (TPSA) is 47.6 Å². The average molecular weight is 339 g/mol. The van der Waals surface area contributed by atoms with E-state index in [4.69, 9.17) is 9.47 Å². The Morgan fingerprint density at radius 2 is 1.56 bits per heavy atom. The highest BCUT2D eigenvalue weighted by Gasteiger charge is 2.28. The molecular formula is C21H25NO3. The number of fused-ring (bicyclic) bond motifs is 1. The van der Waals surface area contributed by atoms with Crippen LogP contribution in [0, 0.1) is 0 Å². The highest BCUT2D eigenvalue weighted by molar-refractivity contribution is 5.96. The van der Waals surface area contributed by atoms with Crippen molar-refractivity contribution in [3.05, 3.63) is 53.6 Å². The molecule has 0 saturated carbocycles. The molecule has 0 fully saturated rings. The Bertz CT molecular complexity index is 741. The average Bonchev–Trinajstić information content (AvgIpc) is 2.61. The molecule has 25 heavy (non-hydrogen) atoms. The maximum atomic E-state index is 12.8. The molecule has 1 amide bonds. The molecule has 0 aromatic heterocycles. The molecule has 0 radical (unpaired) electrons. The van der Waals surface area contributed by atoms with Crippen LogP contribution in [0.3, 0.4) is 0 Å². The Balaban J connectivity index is 1.84. The van der Waals surface area contributed by atoms with Gasteiger partial charge >= 0.3 is 0 Å². The molecule has 2 aromatic rings. The first-order chi connectivity index (χ1) is 12.0. The second kappa shape index (κ2) is 7.18. The summed E-state index contributed by atoms with van der Waals surface area (Å²) in [4.78, 5) is 12.8. The minimum atomic E-state index is -0.657. The fourth-order valence-electron chi connectivity index (χ4n) is 3.05. The predicted molar refractivity (Wildman–Crippen MR) is 99.6 cm³/mol. The van der Waals surface area contributed by atoms with E-state index in [1.54, 1.807) is 0 Å². The zero-order valence-electron chi connectivity index (χ0n) is 15.2. The molecule has 1 aliphatic rings. The van der Waals surface area contributed by atoms with Gasteiger partial charge in [-0.1, -0.05) is 58.0 Å². The number of anilines is 1. The van der Waals surface area contributed by atoms with E-state index in [2.05, 4.69) is 51.2 Å². The van der Waals surface area contributed by atoms with Gasteiger partial charge in [0.1, 0.15) is 6.61 Å².